The molecule has 2 aromatic rings. The van der Waals surface area contributed by atoms with Crippen LogP contribution < -0.4 is 0 Å². The van der Waals surface area contributed by atoms with Crippen molar-refractivity contribution in [1.29, 1.82) is 0 Å². The Bertz CT molecular complexity index is 721. The third-order valence-corrected chi connectivity index (χ3v) is 6.11. The van der Waals surface area contributed by atoms with E-state index in [4.69, 9.17) is 9.97 Å². The van der Waals surface area contributed by atoms with E-state index in [-0.39, 0.29) is 0 Å². The number of allylic oxidation sites excluding steroid dienone is 2. The third-order valence-electron chi connectivity index (χ3n) is 6.11. The number of unbranched alkanes of at least 4 members (excludes halogenated alkanes) is 6. The highest BCUT2D eigenvalue weighted by molar-refractivity contribution is 5.77. The second kappa shape index (κ2) is 11.1. The largest absolute Gasteiger partial charge is 0.261 e. The summed E-state index contributed by atoms with van der Waals surface area (Å²) in [5, 5.41) is 0. The minimum Gasteiger partial charge on any atom is -0.261 e. The van der Waals surface area contributed by atoms with Gasteiger partial charge in [-0.1, -0.05) is 76.5 Å². The van der Waals surface area contributed by atoms with Gasteiger partial charge in [-0.15, -0.1) is 0 Å². The van der Waals surface area contributed by atoms with Crippen LogP contribution in [0.3, 0.4) is 0 Å². The van der Waals surface area contributed by atoms with Crippen LogP contribution in [0, 0.1) is 5.92 Å². The van der Waals surface area contributed by atoms with Crippen molar-refractivity contribution in [2.24, 2.45) is 5.92 Å². The zero-order valence-corrected chi connectivity index (χ0v) is 17.7. The van der Waals surface area contributed by atoms with Crippen LogP contribution >= 0.6 is 0 Å². The van der Waals surface area contributed by atoms with Crippen LogP contribution in [-0.2, 0) is 0 Å². The van der Waals surface area contributed by atoms with Crippen molar-refractivity contribution in [3.63, 3.8) is 0 Å². The minimum atomic E-state index is 0.487. The maximum absolute atomic E-state index is 4.76. The Morgan fingerprint density at radius 1 is 0.750 bits per heavy atom. The molecule has 2 nitrogen and oxygen atoms in total. The average molecular weight is 377 g/mol. The highest BCUT2D eigenvalue weighted by Gasteiger charge is 2.41. The molecule has 0 spiro atoms. The number of rotatable bonds is 12. The van der Waals surface area contributed by atoms with Gasteiger partial charge in [0.1, 0.15) is 0 Å². The molecule has 3 rings (SSSR count). The second-order valence-electron chi connectivity index (χ2n) is 8.15. The molecule has 1 aliphatic rings. The van der Waals surface area contributed by atoms with Gasteiger partial charge in [0, 0.05) is 24.0 Å². The summed E-state index contributed by atoms with van der Waals surface area (Å²) in [6.07, 6.45) is 16.9. The summed E-state index contributed by atoms with van der Waals surface area (Å²) in [5.74, 6) is 1.06. The van der Waals surface area contributed by atoms with Gasteiger partial charge in [-0.05, 0) is 55.0 Å². The van der Waals surface area contributed by atoms with E-state index >= 15 is 0 Å². The lowest BCUT2D eigenvalue weighted by Crippen LogP contribution is -2.30. The Balaban J connectivity index is 1.87. The SMILES string of the molecule is CCCCCCC1=C(c2ccccn2)[C@H](CCCCCC)[C@H]1c1ccccn1. The maximum atomic E-state index is 4.76. The molecule has 150 valence electrons. The second-order valence-corrected chi connectivity index (χ2v) is 8.15. The molecular weight excluding hydrogens is 340 g/mol. The fraction of sp³-hybridized carbons (Fsp3) is 0.538. The summed E-state index contributed by atoms with van der Waals surface area (Å²) in [6, 6.07) is 12.8. The lowest BCUT2D eigenvalue weighted by molar-refractivity contribution is 0.433. The summed E-state index contributed by atoms with van der Waals surface area (Å²) in [4.78, 5) is 9.50. The molecule has 0 saturated carbocycles. The van der Waals surface area contributed by atoms with Crippen LogP contribution in [0.25, 0.3) is 5.57 Å². The molecule has 2 aromatic heterocycles. The highest BCUT2D eigenvalue weighted by atomic mass is 14.7. The van der Waals surface area contributed by atoms with Crippen molar-refractivity contribution in [1.82, 2.24) is 9.97 Å². The fourth-order valence-corrected chi connectivity index (χ4v) is 4.67. The summed E-state index contributed by atoms with van der Waals surface area (Å²) >= 11 is 0. The number of nitrogens with zero attached hydrogens (tertiary/aromatic N) is 2. The maximum Gasteiger partial charge on any atom is 0.0664 e. The predicted molar refractivity (Wildman–Crippen MR) is 119 cm³/mol. The number of pyridine rings is 2. The minimum absolute atomic E-state index is 0.487. The molecule has 0 fully saturated rings. The Kier molecular flexibility index (Phi) is 8.26. The summed E-state index contributed by atoms with van der Waals surface area (Å²) in [5.41, 5.74) is 5.59. The molecule has 1 aliphatic carbocycles. The van der Waals surface area contributed by atoms with Crippen LogP contribution in [0.4, 0.5) is 0 Å². The van der Waals surface area contributed by atoms with Crippen molar-refractivity contribution in [2.75, 3.05) is 0 Å². The van der Waals surface area contributed by atoms with Crippen molar-refractivity contribution in [3.05, 3.63) is 65.8 Å². The van der Waals surface area contributed by atoms with Gasteiger partial charge in [-0.25, -0.2) is 0 Å². The van der Waals surface area contributed by atoms with Gasteiger partial charge in [0.2, 0.25) is 0 Å². The zero-order valence-electron chi connectivity index (χ0n) is 17.7. The van der Waals surface area contributed by atoms with Crippen molar-refractivity contribution < 1.29 is 0 Å². The van der Waals surface area contributed by atoms with Crippen LogP contribution in [0.15, 0.2) is 54.4 Å². The molecule has 2 heteroatoms. The zero-order chi connectivity index (χ0) is 19.6. The van der Waals surface area contributed by atoms with Gasteiger partial charge in [0.25, 0.3) is 0 Å². The summed E-state index contributed by atoms with van der Waals surface area (Å²) < 4.78 is 0. The summed E-state index contributed by atoms with van der Waals surface area (Å²) in [7, 11) is 0. The van der Waals surface area contributed by atoms with Crippen molar-refractivity contribution in [2.45, 2.75) is 84.0 Å². The molecular formula is C26H36N2. The number of hydrogen-bond acceptors (Lipinski definition) is 2. The van der Waals surface area contributed by atoms with Crippen LogP contribution in [-0.4, -0.2) is 9.97 Å². The molecule has 0 amide bonds. The molecule has 0 unspecified atom stereocenters. The van der Waals surface area contributed by atoms with E-state index in [2.05, 4.69) is 38.1 Å². The molecule has 0 N–H and O–H groups in total. The van der Waals surface area contributed by atoms with Crippen molar-refractivity contribution in [3.8, 4) is 0 Å². The monoisotopic (exact) mass is 376 g/mol. The highest BCUT2D eigenvalue weighted by Crippen LogP contribution is 2.55. The van der Waals surface area contributed by atoms with E-state index in [1.54, 1.807) is 5.57 Å². The van der Waals surface area contributed by atoms with E-state index in [0.29, 0.717) is 11.8 Å². The molecule has 0 radical (unpaired) electrons. The first-order chi connectivity index (χ1) is 13.9. The standard InChI is InChI=1S/C26H36N2/c1-3-5-7-9-15-21-25(23-17-11-13-19-27-23)22(16-10-8-6-4-2)26(21)24-18-12-14-20-28-24/h11-14,17-21,25H,3-10,15-16H2,1-2H3/t21-,25-/m1/s1. The summed E-state index contributed by atoms with van der Waals surface area (Å²) in [6.45, 7) is 4.57. The van der Waals surface area contributed by atoms with E-state index in [1.165, 1.54) is 81.2 Å². The first-order valence-corrected chi connectivity index (χ1v) is 11.4. The third kappa shape index (κ3) is 5.10. The lowest BCUT2D eigenvalue weighted by Gasteiger charge is -2.42. The Morgan fingerprint density at radius 2 is 1.46 bits per heavy atom. The topological polar surface area (TPSA) is 25.8 Å². The molecule has 0 saturated heterocycles. The average Bonchev–Trinajstić information content (AvgIpc) is 2.73. The molecule has 0 aliphatic heterocycles. The molecule has 28 heavy (non-hydrogen) atoms. The van der Waals surface area contributed by atoms with Gasteiger partial charge in [0.05, 0.1) is 5.69 Å². The molecule has 0 bridgehead atoms. The first kappa shape index (κ1) is 20.8. The Hall–Kier alpha value is -1.96. The Labute approximate surface area is 171 Å². The normalized spacial score (nSPS) is 18.9. The fourth-order valence-electron chi connectivity index (χ4n) is 4.67. The quantitative estimate of drug-likeness (QED) is 0.357. The lowest BCUT2D eigenvalue weighted by atomic mass is 9.62. The Morgan fingerprint density at radius 3 is 2.11 bits per heavy atom. The number of aromatic nitrogens is 2. The molecule has 2 atom stereocenters. The van der Waals surface area contributed by atoms with Crippen LogP contribution in [0.5, 0.6) is 0 Å². The van der Waals surface area contributed by atoms with Gasteiger partial charge in [-0.2, -0.15) is 0 Å². The van der Waals surface area contributed by atoms with Crippen LogP contribution in [0.2, 0.25) is 0 Å². The van der Waals surface area contributed by atoms with E-state index < -0.39 is 0 Å². The molecule has 0 aromatic carbocycles. The smallest absolute Gasteiger partial charge is 0.0664 e. The van der Waals surface area contributed by atoms with Crippen LogP contribution in [0.1, 0.15) is 95.4 Å². The van der Waals surface area contributed by atoms with E-state index in [1.807, 2.05) is 24.5 Å². The van der Waals surface area contributed by atoms with Gasteiger partial charge >= 0.3 is 0 Å². The van der Waals surface area contributed by atoms with Crippen molar-refractivity contribution >= 4 is 5.57 Å². The number of hydrogen-bond donors (Lipinski definition) is 0. The van der Waals surface area contributed by atoms with E-state index in [0.717, 1.165) is 0 Å². The first-order valence-electron chi connectivity index (χ1n) is 11.4. The van der Waals surface area contributed by atoms with Gasteiger partial charge < -0.3 is 0 Å². The van der Waals surface area contributed by atoms with Gasteiger partial charge in [0.15, 0.2) is 0 Å². The predicted octanol–water partition coefficient (Wildman–Crippen LogP) is 7.58. The van der Waals surface area contributed by atoms with Gasteiger partial charge in [-0.3, -0.25) is 9.97 Å². The molecule has 2 heterocycles. The van der Waals surface area contributed by atoms with E-state index in [9.17, 15) is 0 Å².